The lowest BCUT2D eigenvalue weighted by Crippen LogP contribution is -2.24. The highest BCUT2D eigenvalue weighted by atomic mass is 32.2. The minimum Gasteiger partial charge on any atom is -0.323 e. The molecule has 2 N–H and O–H groups in total. The number of nitrogens with two attached hydrogens (primary N) is 1. The van der Waals surface area contributed by atoms with Crippen molar-refractivity contribution >= 4 is 15.4 Å². The van der Waals surface area contributed by atoms with E-state index >= 15 is 0 Å². The summed E-state index contributed by atoms with van der Waals surface area (Å²) < 4.78 is 17.4. The highest BCUT2D eigenvalue weighted by Gasteiger charge is 2.25. The van der Waals surface area contributed by atoms with Crippen molar-refractivity contribution < 1.29 is 4.21 Å². The molecule has 92 valence electrons. The summed E-state index contributed by atoms with van der Waals surface area (Å²) in [4.78, 5) is 0.759. The van der Waals surface area contributed by atoms with Crippen molar-refractivity contribution in [3.63, 3.8) is 0 Å². The lowest BCUT2D eigenvalue weighted by molar-refractivity contribution is 0.665. The van der Waals surface area contributed by atoms with E-state index in [0.29, 0.717) is 5.75 Å². The molecule has 1 aliphatic rings. The zero-order valence-electron chi connectivity index (χ0n) is 9.82. The molecule has 2 aromatic carbocycles. The second kappa shape index (κ2) is 4.23. The number of hydrogen-bond donors (Lipinski definition) is 1. The van der Waals surface area contributed by atoms with Gasteiger partial charge in [0.15, 0.2) is 0 Å². The van der Waals surface area contributed by atoms with Crippen LogP contribution in [0.4, 0.5) is 5.69 Å². The van der Waals surface area contributed by atoms with Gasteiger partial charge in [0.2, 0.25) is 0 Å². The maximum absolute atomic E-state index is 12.9. The lowest BCUT2D eigenvalue weighted by Gasteiger charge is -2.23. The number of rotatable bonds is 1. The van der Waals surface area contributed by atoms with E-state index in [-0.39, 0.29) is 6.04 Å². The second-order valence-corrected chi connectivity index (χ2v) is 6.64. The van der Waals surface area contributed by atoms with Crippen LogP contribution in [0.1, 0.15) is 11.6 Å². The van der Waals surface area contributed by atoms with Crippen LogP contribution in [0.25, 0.3) is 0 Å². The summed E-state index contributed by atoms with van der Waals surface area (Å²) in [6.07, 6.45) is 0. The van der Waals surface area contributed by atoms with Crippen molar-refractivity contribution in [2.75, 3.05) is 5.75 Å². The summed E-state index contributed by atoms with van der Waals surface area (Å²) in [5, 5.41) is 0. The molecule has 1 heterocycles. The Morgan fingerprint density at radius 2 is 1.72 bits per heavy atom. The molecular formula is C14H14N2OS. The van der Waals surface area contributed by atoms with Gasteiger partial charge < -0.3 is 5.73 Å². The zero-order chi connectivity index (χ0) is 12.6. The highest BCUT2D eigenvalue weighted by Crippen LogP contribution is 2.34. The predicted molar refractivity (Wildman–Crippen MR) is 73.2 cm³/mol. The maximum atomic E-state index is 12.9. The summed E-state index contributed by atoms with van der Waals surface area (Å²) in [6.45, 7) is 0. The molecule has 18 heavy (non-hydrogen) atoms. The molecule has 0 unspecified atom stereocenters. The summed E-state index contributed by atoms with van der Waals surface area (Å²) in [7, 11) is -2.43. The van der Waals surface area contributed by atoms with Crippen molar-refractivity contribution in [2.24, 2.45) is 10.1 Å². The van der Waals surface area contributed by atoms with Gasteiger partial charge in [0.1, 0.15) is 0 Å². The van der Waals surface area contributed by atoms with E-state index < -0.39 is 9.73 Å². The third-order valence-electron chi connectivity index (χ3n) is 3.10. The Hall–Kier alpha value is -1.65. The Bertz CT molecular complexity index is 688. The minimum absolute atomic E-state index is 0.216. The topological polar surface area (TPSA) is 55.5 Å². The fourth-order valence-electron chi connectivity index (χ4n) is 2.20. The van der Waals surface area contributed by atoms with Gasteiger partial charge in [-0.3, -0.25) is 0 Å². The summed E-state index contributed by atoms with van der Waals surface area (Å²) >= 11 is 0. The summed E-state index contributed by atoms with van der Waals surface area (Å²) in [5.74, 6) is 0.383. The number of fused-ring (bicyclic) bond motifs is 1. The van der Waals surface area contributed by atoms with Gasteiger partial charge in [0.25, 0.3) is 0 Å². The summed E-state index contributed by atoms with van der Waals surface area (Å²) in [6, 6.07) is 16.8. The molecule has 0 saturated heterocycles. The van der Waals surface area contributed by atoms with Crippen molar-refractivity contribution in [3.8, 4) is 0 Å². The van der Waals surface area contributed by atoms with Crippen molar-refractivity contribution in [1.29, 1.82) is 0 Å². The van der Waals surface area contributed by atoms with E-state index in [1.165, 1.54) is 0 Å². The van der Waals surface area contributed by atoms with E-state index in [1.54, 1.807) is 0 Å². The van der Waals surface area contributed by atoms with E-state index in [2.05, 4.69) is 4.36 Å². The molecule has 0 saturated carbocycles. The third-order valence-corrected chi connectivity index (χ3v) is 5.41. The fraction of sp³-hybridized carbons (Fsp3) is 0.143. The van der Waals surface area contributed by atoms with Gasteiger partial charge in [-0.1, -0.05) is 36.4 Å². The van der Waals surface area contributed by atoms with Crippen LogP contribution in [0, 0.1) is 0 Å². The van der Waals surface area contributed by atoms with Gasteiger partial charge >= 0.3 is 0 Å². The largest absolute Gasteiger partial charge is 0.323 e. The Morgan fingerprint density at radius 1 is 1.06 bits per heavy atom. The van der Waals surface area contributed by atoms with Gasteiger partial charge in [-0.2, -0.15) is 4.36 Å². The van der Waals surface area contributed by atoms with Crippen LogP contribution >= 0.6 is 0 Å². The van der Waals surface area contributed by atoms with Gasteiger partial charge in [0.05, 0.1) is 21.2 Å². The molecule has 0 fully saturated rings. The molecule has 4 heteroatoms. The Labute approximate surface area is 107 Å². The predicted octanol–water partition coefficient (Wildman–Crippen LogP) is 2.86. The standard InChI is InChI=1S/C14H14N2OS/c15-13-10-18(17,11-6-2-1-3-7-11)16-14-9-5-4-8-12(13)14/h1-9,13H,10,15H2/t13-,18+/m1/s1. The average Bonchev–Trinajstić information content (AvgIpc) is 2.40. The normalized spacial score (nSPS) is 26.2. The second-order valence-electron chi connectivity index (χ2n) is 4.38. The van der Waals surface area contributed by atoms with E-state index in [9.17, 15) is 4.21 Å². The molecule has 3 rings (SSSR count). The Morgan fingerprint density at radius 3 is 2.50 bits per heavy atom. The fourth-order valence-corrected chi connectivity index (χ4v) is 4.30. The van der Waals surface area contributed by atoms with Crippen LogP contribution in [-0.4, -0.2) is 9.96 Å². The zero-order valence-corrected chi connectivity index (χ0v) is 10.6. The minimum atomic E-state index is -2.43. The van der Waals surface area contributed by atoms with Crippen LogP contribution in [0.5, 0.6) is 0 Å². The van der Waals surface area contributed by atoms with Gasteiger partial charge in [-0.05, 0) is 23.8 Å². The monoisotopic (exact) mass is 258 g/mol. The van der Waals surface area contributed by atoms with Gasteiger partial charge in [-0.15, -0.1) is 0 Å². The van der Waals surface area contributed by atoms with Crippen LogP contribution in [-0.2, 0) is 9.73 Å². The number of nitrogens with zero attached hydrogens (tertiary/aromatic N) is 1. The molecular weight excluding hydrogens is 244 g/mol. The third kappa shape index (κ3) is 1.83. The Balaban J connectivity index is 2.22. The molecule has 1 aliphatic heterocycles. The highest BCUT2D eigenvalue weighted by molar-refractivity contribution is 7.93. The first-order valence-corrected chi connectivity index (χ1v) is 7.52. The van der Waals surface area contributed by atoms with Crippen molar-refractivity contribution in [3.05, 3.63) is 60.2 Å². The SMILES string of the molecule is N[C@@H]1C[S@](=O)(c2ccccc2)=Nc2ccccc21. The van der Waals surface area contributed by atoms with Crippen LogP contribution in [0.15, 0.2) is 63.9 Å². The molecule has 0 amide bonds. The van der Waals surface area contributed by atoms with Crippen LogP contribution in [0.2, 0.25) is 0 Å². The van der Waals surface area contributed by atoms with Crippen molar-refractivity contribution in [1.82, 2.24) is 0 Å². The van der Waals surface area contributed by atoms with Gasteiger partial charge in [0, 0.05) is 10.9 Å². The lowest BCUT2D eigenvalue weighted by atomic mass is 10.1. The molecule has 0 radical (unpaired) electrons. The van der Waals surface area contributed by atoms with Crippen molar-refractivity contribution in [2.45, 2.75) is 10.9 Å². The molecule has 0 aliphatic carbocycles. The van der Waals surface area contributed by atoms with Crippen LogP contribution < -0.4 is 5.73 Å². The summed E-state index contributed by atoms with van der Waals surface area (Å²) in [5.41, 5.74) is 7.85. The molecule has 0 aromatic heterocycles. The first kappa shape index (κ1) is 11.4. The quantitative estimate of drug-likeness (QED) is 0.855. The first-order valence-electron chi connectivity index (χ1n) is 5.83. The van der Waals surface area contributed by atoms with E-state index in [1.807, 2.05) is 54.6 Å². The smallest absolute Gasteiger partial charge is 0.0819 e. The van der Waals surface area contributed by atoms with Gasteiger partial charge in [-0.25, -0.2) is 4.21 Å². The van der Waals surface area contributed by atoms with Crippen LogP contribution in [0.3, 0.4) is 0 Å². The molecule has 2 aromatic rings. The molecule has 2 atom stereocenters. The van der Waals surface area contributed by atoms with E-state index in [4.69, 9.17) is 5.73 Å². The first-order chi connectivity index (χ1) is 8.69. The van der Waals surface area contributed by atoms with E-state index in [0.717, 1.165) is 16.1 Å². The molecule has 0 bridgehead atoms. The Kier molecular flexibility index (Phi) is 2.69. The number of hydrogen-bond acceptors (Lipinski definition) is 3. The maximum Gasteiger partial charge on any atom is 0.0819 e. The molecule has 0 spiro atoms. The average molecular weight is 258 g/mol. The molecule has 3 nitrogen and oxygen atoms in total. The number of benzene rings is 2.